The van der Waals surface area contributed by atoms with Gasteiger partial charge in [0.1, 0.15) is 17.3 Å². The number of ether oxygens (including phenoxy) is 1. The lowest BCUT2D eigenvalue weighted by molar-refractivity contribution is 0.155. The Bertz CT molecular complexity index is 1160. The molecule has 2 aromatic carbocycles. The number of sulfonamides is 1. The Labute approximate surface area is 180 Å². The van der Waals surface area contributed by atoms with Gasteiger partial charge in [0.2, 0.25) is 10.0 Å². The molecule has 0 aliphatic carbocycles. The predicted octanol–water partition coefficient (Wildman–Crippen LogP) is 1.87. The number of rotatable bonds is 7. The van der Waals surface area contributed by atoms with Crippen LogP contribution in [-0.2, 0) is 27.7 Å². The highest BCUT2D eigenvalue weighted by Crippen LogP contribution is 2.21. The Morgan fingerprint density at radius 2 is 2.03 bits per heavy atom. The summed E-state index contributed by atoms with van der Waals surface area (Å²) in [6.07, 6.45) is 1.39. The third-order valence-corrected chi connectivity index (χ3v) is 6.23. The second-order valence-electron chi connectivity index (χ2n) is 7.61. The van der Waals surface area contributed by atoms with Gasteiger partial charge >= 0.3 is 0 Å². The summed E-state index contributed by atoms with van der Waals surface area (Å²) in [7, 11) is -2.02. The molecule has 4 rings (SSSR count). The summed E-state index contributed by atoms with van der Waals surface area (Å²) in [5.41, 5.74) is 1.12. The van der Waals surface area contributed by atoms with Crippen molar-refractivity contribution in [1.82, 2.24) is 19.7 Å². The van der Waals surface area contributed by atoms with Crippen LogP contribution in [0.5, 0.6) is 0 Å². The molecule has 164 valence electrons. The third-order valence-electron chi connectivity index (χ3n) is 5.32. The van der Waals surface area contributed by atoms with E-state index in [1.54, 1.807) is 0 Å². The lowest BCUT2D eigenvalue weighted by Crippen LogP contribution is -2.31. The van der Waals surface area contributed by atoms with E-state index in [0.717, 1.165) is 24.7 Å². The van der Waals surface area contributed by atoms with Gasteiger partial charge in [0.05, 0.1) is 18.0 Å². The van der Waals surface area contributed by atoms with E-state index in [0.29, 0.717) is 31.2 Å². The fourth-order valence-corrected chi connectivity index (χ4v) is 4.13. The monoisotopic (exact) mass is 445 g/mol. The summed E-state index contributed by atoms with van der Waals surface area (Å²) in [4.78, 5) is 6.50. The maximum absolute atomic E-state index is 14.9. The largest absolute Gasteiger partial charge is 0.380 e. The quantitative estimate of drug-likeness (QED) is 0.596. The van der Waals surface area contributed by atoms with E-state index in [1.807, 2.05) is 37.4 Å². The molecule has 2 N–H and O–H groups in total. The van der Waals surface area contributed by atoms with Crippen LogP contribution < -0.4 is 5.14 Å². The Hall–Kier alpha value is -2.66. The van der Waals surface area contributed by atoms with Crippen molar-refractivity contribution in [2.45, 2.75) is 30.3 Å². The summed E-state index contributed by atoms with van der Waals surface area (Å²) in [5, 5.41) is 9.66. The van der Waals surface area contributed by atoms with Crippen molar-refractivity contribution in [3.8, 4) is 5.69 Å². The van der Waals surface area contributed by atoms with E-state index < -0.39 is 15.8 Å². The predicted molar refractivity (Wildman–Crippen MR) is 113 cm³/mol. The first-order chi connectivity index (χ1) is 14.8. The lowest BCUT2D eigenvalue weighted by Gasteiger charge is -2.20. The Kier molecular flexibility index (Phi) is 6.15. The van der Waals surface area contributed by atoms with Crippen LogP contribution in [0.1, 0.15) is 23.6 Å². The zero-order valence-corrected chi connectivity index (χ0v) is 17.9. The minimum absolute atomic E-state index is 0.115. The number of halogens is 1. The normalized spacial score (nSPS) is 16.8. The smallest absolute Gasteiger partial charge is 0.238 e. The van der Waals surface area contributed by atoms with Crippen LogP contribution in [0.25, 0.3) is 5.69 Å². The van der Waals surface area contributed by atoms with Gasteiger partial charge < -0.3 is 4.74 Å². The molecule has 1 atom stereocenters. The van der Waals surface area contributed by atoms with Crippen molar-refractivity contribution in [1.29, 1.82) is 0 Å². The van der Waals surface area contributed by atoms with Crippen molar-refractivity contribution in [3.63, 3.8) is 0 Å². The average Bonchev–Trinajstić information content (AvgIpc) is 3.38. The van der Waals surface area contributed by atoms with Gasteiger partial charge in [-0.05, 0) is 37.2 Å². The average molecular weight is 446 g/mol. The third kappa shape index (κ3) is 4.99. The first-order valence-corrected chi connectivity index (χ1v) is 11.5. The van der Waals surface area contributed by atoms with Crippen LogP contribution in [-0.4, -0.2) is 54.4 Å². The van der Waals surface area contributed by atoms with Crippen molar-refractivity contribution in [3.05, 3.63) is 71.6 Å². The van der Waals surface area contributed by atoms with E-state index in [1.165, 1.54) is 16.8 Å². The molecule has 2 heterocycles. The van der Waals surface area contributed by atoms with Crippen LogP contribution in [0.3, 0.4) is 0 Å². The number of nitrogens with zero attached hydrogens (tertiary/aromatic N) is 4. The van der Waals surface area contributed by atoms with E-state index in [4.69, 9.17) is 9.88 Å². The highest BCUT2D eigenvalue weighted by Gasteiger charge is 2.23. The van der Waals surface area contributed by atoms with E-state index in [2.05, 4.69) is 15.0 Å². The van der Waals surface area contributed by atoms with Gasteiger partial charge in [-0.3, -0.25) is 4.90 Å². The molecule has 31 heavy (non-hydrogen) atoms. The van der Waals surface area contributed by atoms with Crippen LogP contribution >= 0.6 is 0 Å². The van der Waals surface area contributed by atoms with Crippen molar-refractivity contribution < 1.29 is 17.5 Å². The van der Waals surface area contributed by atoms with Crippen molar-refractivity contribution in [2.75, 3.05) is 20.3 Å². The summed E-state index contributed by atoms with van der Waals surface area (Å²) in [6, 6.07) is 13.5. The Morgan fingerprint density at radius 1 is 1.26 bits per heavy atom. The maximum atomic E-state index is 14.9. The number of benzene rings is 2. The molecule has 8 nitrogen and oxygen atoms in total. The molecule has 0 radical (unpaired) electrons. The molecular formula is C21H24FN5O3S. The van der Waals surface area contributed by atoms with Crippen LogP contribution in [0, 0.1) is 5.82 Å². The number of hydrogen-bond acceptors (Lipinski definition) is 6. The Morgan fingerprint density at radius 3 is 2.68 bits per heavy atom. The molecule has 10 heteroatoms. The van der Waals surface area contributed by atoms with Crippen LogP contribution in [0.15, 0.2) is 53.4 Å². The second kappa shape index (κ2) is 8.83. The second-order valence-corrected chi connectivity index (χ2v) is 9.17. The molecule has 0 saturated carbocycles. The Balaban J connectivity index is 1.70. The molecule has 1 saturated heterocycles. The summed E-state index contributed by atoms with van der Waals surface area (Å²) in [6.45, 7) is 1.88. The number of aromatic nitrogens is 3. The minimum Gasteiger partial charge on any atom is -0.380 e. The molecule has 0 amide bonds. The molecule has 1 aliphatic heterocycles. The molecule has 1 fully saturated rings. The minimum atomic E-state index is -4.01. The van der Waals surface area contributed by atoms with Gasteiger partial charge in [-0.2, -0.15) is 0 Å². The fourth-order valence-electron chi connectivity index (χ4n) is 3.60. The van der Waals surface area contributed by atoms with Gasteiger partial charge in [0.25, 0.3) is 0 Å². The van der Waals surface area contributed by atoms with Crippen molar-refractivity contribution in [2.24, 2.45) is 5.14 Å². The van der Waals surface area contributed by atoms with Gasteiger partial charge in [0.15, 0.2) is 5.82 Å². The van der Waals surface area contributed by atoms with Gasteiger partial charge in [-0.1, -0.05) is 30.3 Å². The SMILES string of the molecule is CN(Cc1nc(Cc2ccccc2)n(-c2ccc(S(N)(=O)=O)cc2F)n1)C1CCOC1. The summed E-state index contributed by atoms with van der Waals surface area (Å²) >= 11 is 0. The van der Waals surface area contributed by atoms with Gasteiger partial charge in [0, 0.05) is 19.1 Å². The lowest BCUT2D eigenvalue weighted by atomic mass is 10.1. The topological polar surface area (TPSA) is 103 Å². The summed E-state index contributed by atoms with van der Waals surface area (Å²) < 4.78 is 44.9. The highest BCUT2D eigenvalue weighted by atomic mass is 32.2. The molecule has 1 aliphatic rings. The molecule has 3 aromatic rings. The zero-order valence-electron chi connectivity index (χ0n) is 17.1. The molecule has 1 aromatic heterocycles. The number of nitrogens with two attached hydrogens (primary N) is 1. The van der Waals surface area contributed by atoms with Crippen molar-refractivity contribution >= 4 is 10.0 Å². The van der Waals surface area contributed by atoms with Crippen LogP contribution in [0.2, 0.25) is 0 Å². The highest BCUT2D eigenvalue weighted by molar-refractivity contribution is 7.89. The number of likely N-dealkylation sites (N-methyl/N-ethyl adjacent to an activating group) is 1. The van der Waals surface area contributed by atoms with Crippen LogP contribution in [0.4, 0.5) is 4.39 Å². The van der Waals surface area contributed by atoms with E-state index >= 15 is 0 Å². The molecule has 0 bridgehead atoms. The molecule has 1 unspecified atom stereocenters. The maximum Gasteiger partial charge on any atom is 0.238 e. The van der Waals surface area contributed by atoms with Gasteiger partial charge in [-0.15, -0.1) is 5.10 Å². The number of hydrogen-bond donors (Lipinski definition) is 1. The standard InChI is InChI=1S/C21H24FN5O3S/c1-26(16-9-10-30-14-16)13-20-24-21(11-15-5-3-2-4-6-15)27(25-20)19-8-7-17(12-18(19)22)31(23,28)29/h2-8,12,16H,9-11,13-14H2,1H3,(H2,23,28,29). The zero-order chi connectivity index (χ0) is 22.0. The first-order valence-electron chi connectivity index (χ1n) is 9.91. The van der Waals surface area contributed by atoms with E-state index in [-0.39, 0.29) is 16.6 Å². The van der Waals surface area contributed by atoms with Gasteiger partial charge in [-0.25, -0.2) is 27.6 Å². The molecule has 0 spiro atoms. The van der Waals surface area contributed by atoms with E-state index in [9.17, 15) is 12.8 Å². The molecular weight excluding hydrogens is 421 g/mol. The summed E-state index contributed by atoms with van der Waals surface area (Å²) in [5.74, 6) is 0.365. The number of primary sulfonamides is 1. The fraction of sp³-hybridized carbons (Fsp3) is 0.333. The first kappa shape index (κ1) is 21.6.